The summed E-state index contributed by atoms with van der Waals surface area (Å²) in [7, 11) is -3.26. The molecule has 1 N–H and O–H groups in total. The molecule has 1 rings (SSSR count). The van der Waals surface area contributed by atoms with Crippen LogP contribution in [0.2, 0.25) is 0 Å². The number of nitrogens with zero attached hydrogens (tertiary/aromatic N) is 1. The number of morpholine rings is 1. The third kappa shape index (κ3) is 6.95. The summed E-state index contributed by atoms with van der Waals surface area (Å²) < 4.78 is 28.0. The van der Waals surface area contributed by atoms with Crippen LogP contribution in [0, 0.1) is 0 Å². The van der Waals surface area contributed by atoms with Crippen molar-refractivity contribution < 1.29 is 18.0 Å². The van der Waals surface area contributed by atoms with Crippen molar-refractivity contribution in [2.75, 3.05) is 45.2 Å². The fourth-order valence-electron chi connectivity index (χ4n) is 1.51. The lowest BCUT2D eigenvalue weighted by molar-refractivity contribution is 0.0125. The molecule has 0 aromatic rings. The predicted octanol–water partition coefficient (Wildman–Crippen LogP) is -0.0303. The second-order valence-electron chi connectivity index (χ2n) is 4.06. The van der Waals surface area contributed by atoms with Gasteiger partial charge in [0.1, 0.15) is 0 Å². The molecule has 0 aliphatic carbocycles. The van der Waals surface area contributed by atoms with Crippen LogP contribution in [0.5, 0.6) is 0 Å². The van der Waals surface area contributed by atoms with Crippen molar-refractivity contribution >= 4 is 10.0 Å². The highest BCUT2D eigenvalue weighted by Gasteiger charge is 2.11. The molecule has 1 aliphatic rings. The standard InChI is InChI=1S/C10H22N2O4S/c1-2-3-10-17(13,14)11-16-9-6-12-4-7-15-8-5-12/h11H,2-10H2,1H3. The normalized spacial score (nSPS) is 18.4. The molecule has 0 saturated carbocycles. The van der Waals surface area contributed by atoms with Gasteiger partial charge >= 0.3 is 0 Å². The molecular formula is C10H22N2O4S. The molecule has 0 amide bonds. The van der Waals surface area contributed by atoms with Gasteiger partial charge < -0.3 is 4.74 Å². The Morgan fingerprint density at radius 3 is 2.71 bits per heavy atom. The van der Waals surface area contributed by atoms with E-state index in [1.54, 1.807) is 0 Å². The third-order valence-electron chi connectivity index (χ3n) is 2.57. The third-order valence-corrected chi connectivity index (χ3v) is 3.76. The molecule has 7 heteroatoms. The van der Waals surface area contributed by atoms with Crippen molar-refractivity contribution in [3.8, 4) is 0 Å². The molecule has 0 atom stereocenters. The monoisotopic (exact) mass is 266 g/mol. The molecule has 102 valence electrons. The van der Waals surface area contributed by atoms with Crippen molar-refractivity contribution in [2.24, 2.45) is 0 Å². The van der Waals surface area contributed by atoms with E-state index in [4.69, 9.17) is 9.57 Å². The predicted molar refractivity (Wildman–Crippen MR) is 65.0 cm³/mol. The average Bonchev–Trinajstić information content (AvgIpc) is 2.34. The van der Waals surface area contributed by atoms with Crippen LogP contribution in [0.25, 0.3) is 0 Å². The maximum Gasteiger partial charge on any atom is 0.233 e. The smallest absolute Gasteiger partial charge is 0.233 e. The number of hydrogen-bond acceptors (Lipinski definition) is 5. The molecule has 0 bridgehead atoms. The van der Waals surface area contributed by atoms with Crippen LogP contribution in [0.15, 0.2) is 0 Å². The van der Waals surface area contributed by atoms with Gasteiger partial charge in [-0.05, 0) is 6.42 Å². The maximum absolute atomic E-state index is 11.4. The summed E-state index contributed by atoms with van der Waals surface area (Å²) in [5.74, 6) is 0.126. The van der Waals surface area contributed by atoms with E-state index < -0.39 is 10.0 Å². The Kier molecular flexibility index (Phi) is 6.98. The fourth-order valence-corrected chi connectivity index (χ4v) is 2.52. The molecule has 0 spiro atoms. The summed E-state index contributed by atoms with van der Waals surface area (Å²) in [4.78, 5) is 9.31. The Balaban J connectivity index is 2.06. The van der Waals surface area contributed by atoms with Crippen LogP contribution >= 0.6 is 0 Å². The van der Waals surface area contributed by atoms with Gasteiger partial charge in [-0.1, -0.05) is 18.2 Å². The van der Waals surface area contributed by atoms with Crippen LogP contribution in [-0.4, -0.2) is 58.5 Å². The van der Waals surface area contributed by atoms with Crippen LogP contribution in [-0.2, 0) is 19.6 Å². The minimum Gasteiger partial charge on any atom is -0.379 e. The number of nitrogens with one attached hydrogen (secondary N) is 1. The van der Waals surface area contributed by atoms with E-state index in [1.807, 2.05) is 6.92 Å². The summed E-state index contributed by atoms with van der Waals surface area (Å²) in [6.07, 6.45) is 1.51. The quantitative estimate of drug-likeness (QED) is 0.493. The van der Waals surface area contributed by atoms with E-state index in [1.165, 1.54) is 0 Å². The Morgan fingerprint density at radius 2 is 2.06 bits per heavy atom. The first-order valence-corrected chi connectivity index (χ1v) is 7.70. The van der Waals surface area contributed by atoms with Gasteiger partial charge in [-0.15, -0.1) is 0 Å². The van der Waals surface area contributed by atoms with Gasteiger partial charge in [0.05, 0.1) is 25.6 Å². The summed E-state index contributed by atoms with van der Waals surface area (Å²) in [6, 6.07) is 0. The lowest BCUT2D eigenvalue weighted by Crippen LogP contribution is -2.39. The minimum absolute atomic E-state index is 0.126. The van der Waals surface area contributed by atoms with Gasteiger partial charge in [-0.25, -0.2) is 8.42 Å². The van der Waals surface area contributed by atoms with Gasteiger partial charge in [-0.3, -0.25) is 9.74 Å². The Bertz CT molecular complexity index is 289. The summed E-state index contributed by atoms with van der Waals surface area (Å²) in [5, 5.41) is 0. The highest BCUT2D eigenvalue weighted by molar-refractivity contribution is 7.89. The lowest BCUT2D eigenvalue weighted by Gasteiger charge is -2.26. The van der Waals surface area contributed by atoms with Crippen LogP contribution < -0.4 is 4.89 Å². The van der Waals surface area contributed by atoms with Crippen molar-refractivity contribution in [1.82, 2.24) is 9.79 Å². The maximum atomic E-state index is 11.4. The molecule has 0 aromatic carbocycles. The van der Waals surface area contributed by atoms with Crippen molar-refractivity contribution in [1.29, 1.82) is 0 Å². The molecular weight excluding hydrogens is 244 g/mol. The zero-order valence-corrected chi connectivity index (χ0v) is 11.2. The van der Waals surface area contributed by atoms with Crippen molar-refractivity contribution in [2.45, 2.75) is 19.8 Å². The van der Waals surface area contributed by atoms with Gasteiger partial charge in [0.15, 0.2) is 0 Å². The molecule has 1 fully saturated rings. The van der Waals surface area contributed by atoms with E-state index >= 15 is 0 Å². The van der Waals surface area contributed by atoms with Crippen LogP contribution in [0.3, 0.4) is 0 Å². The summed E-state index contributed by atoms with van der Waals surface area (Å²) >= 11 is 0. The number of unbranched alkanes of at least 4 members (excludes halogenated alkanes) is 1. The summed E-state index contributed by atoms with van der Waals surface area (Å²) in [5.41, 5.74) is 0. The minimum atomic E-state index is -3.26. The molecule has 0 radical (unpaired) electrons. The number of ether oxygens (including phenoxy) is 1. The first-order valence-electron chi connectivity index (χ1n) is 6.05. The second-order valence-corrected chi connectivity index (χ2v) is 5.86. The first-order chi connectivity index (χ1) is 8.14. The molecule has 6 nitrogen and oxygen atoms in total. The molecule has 0 aromatic heterocycles. The fraction of sp³-hybridized carbons (Fsp3) is 1.00. The van der Waals surface area contributed by atoms with Gasteiger partial charge in [0.25, 0.3) is 0 Å². The van der Waals surface area contributed by atoms with E-state index in [2.05, 4.69) is 9.79 Å². The number of hydrogen-bond donors (Lipinski definition) is 1. The van der Waals surface area contributed by atoms with Crippen LogP contribution in [0.1, 0.15) is 19.8 Å². The Hall–Kier alpha value is -0.210. The van der Waals surface area contributed by atoms with E-state index in [9.17, 15) is 8.42 Å². The zero-order chi connectivity index (χ0) is 12.6. The molecule has 1 heterocycles. The topological polar surface area (TPSA) is 67.9 Å². The van der Waals surface area contributed by atoms with Crippen molar-refractivity contribution in [3.63, 3.8) is 0 Å². The van der Waals surface area contributed by atoms with E-state index in [0.717, 1.165) is 39.3 Å². The van der Waals surface area contributed by atoms with Gasteiger partial charge in [-0.2, -0.15) is 0 Å². The Morgan fingerprint density at radius 1 is 1.35 bits per heavy atom. The summed E-state index contributed by atoms with van der Waals surface area (Å²) in [6.45, 7) is 6.28. The largest absolute Gasteiger partial charge is 0.379 e. The van der Waals surface area contributed by atoms with Crippen molar-refractivity contribution in [3.05, 3.63) is 0 Å². The van der Waals surface area contributed by atoms with Gasteiger partial charge in [0, 0.05) is 19.6 Å². The number of sulfonamides is 1. The van der Waals surface area contributed by atoms with Crippen LogP contribution in [0.4, 0.5) is 0 Å². The first kappa shape index (κ1) is 14.8. The Labute approximate surface area is 103 Å². The average molecular weight is 266 g/mol. The van der Waals surface area contributed by atoms with E-state index in [-0.39, 0.29) is 5.75 Å². The zero-order valence-electron chi connectivity index (χ0n) is 10.4. The molecule has 17 heavy (non-hydrogen) atoms. The lowest BCUT2D eigenvalue weighted by atomic mass is 10.4. The highest BCUT2D eigenvalue weighted by Crippen LogP contribution is 1.96. The highest BCUT2D eigenvalue weighted by atomic mass is 32.2. The number of rotatable bonds is 8. The van der Waals surface area contributed by atoms with Gasteiger partial charge in [0.2, 0.25) is 10.0 Å². The SMILES string of the molecule is CCCCS(=O)(=O)NOCCN1CCOCC1. The second kappa shape index (κ2) is 7.99. The molecule has 1 aliphatic heterocycles. The molecule has 0 unspecified atom stereocenters. The van der Waals surface area contributed by atoms with E-state index in [0.29, 0.717) is 13.0 Å². The molecule has 1 saturated heterocycles.